The molecule has 10 heteroatoms. The van der Waals surface area contributed by atoms with Crippen LogP contribution in [0.2, 0.25) is 0 Å². The predicted molar refractivity (Wildman–Crippen MR) is 229 cm³/mol. The van der Waals surface area contributed by atoms with Gasteiger partial charge >= 0.3 is 19.8 Å². The Morgan fingerprint density at radius 2 is 0.964 bits per heavy atom. The van der Waals surface area contributed by atoms with Crippen molar-refractivity contribution >= 4 is 19.8 Å². The lowest BCUT2D eigenvalue weighted by molar-refractivity contribution is -0.161. The second-order valence-electron chi connectivity index (χ2n) is 14.2. The van der Waals surface area contributed by atoms with Crippen LogP contribution in [-0.4, -0.2) is 49.3 Å². The van der Waals surface area contributed by atoms with Crippen LogP contribution in [0.1, 0.15) is 181 Å². The molecular formula is C45H80NO8P. The highest BCUT2D eigenvalue weighted by molar-refractivity contribution is 7.47. The summed E-state index contributed by atoms with van der Waals surface area (Å²) < 4.78 is 32.7. The molecule has 0 heterocycles. The molecule has 0 aromatic rings. The van der Waals surface area contributed by atoms with Crippen molar-refractivity contribution < 1.29 is 37.6 Å². The number of phosphoric ester groups is 1. The molecule has 0 saturated heterocycles. The average Bonchev–Trinajstić information content (AvgIpc) is 3.17. The number of unbranched alkanes of at least 4 members (excludes halogenated alkanes) is 17. The topological polar surface area (TPSA) is 134 Å². The molecule has 9 nitrogen and oxygen atoms in total. The molecule has 2 atom stereocenters. The van der Waals surface area contributed by atoms with Crippen LogP contribution in [0.25, 0.3) is 0 Å². The molecule has 0 aliphatic carbocycles. The number of ether oxygens (including phenoxy) is 2. The molecule has 0 spiro atoms. The van der Waals surface area contributed by atoms with Crippen LogP contribution in [0.4, 0.5) is 0 Å². The Hall–Kier alpha value is -2.29. The first-order chi connectivity index (χ1) is 26.8. The van der Waals surface area contributed by atoms with Gasteiger partial charge < -0.3 is 20.1 Å². The monoisotopic (exact) mass is 794 g/mol. The molecule has 3 N–H and O–H groups in total. The van der Waals surface area contributed by atoms with Gasteiger partial charge in [-0.05, 0) is 77.0 Å². The maximum absolute atomic E-state index is 12.6. The zero-order chi connectivity index (χ0) is 40.3. The van der Waals surface area contributed by atoms with Gasteiger partial charge in [0, 0.05) is 19.4 Å². The van der Waals surface area contributed by atoms with Crippen LogP contribution in [-0.2, 0) is 32.7 Å². The van der Waals surface area contributed by atoms with E-state index >= 15 is 0 Å². The molecule has 0 aliphatic heterocycles. The minimum absolute atomic E-state index is 0.0419. The Bertz CT molecular complexity index is 1090. The van der Waals surface area contributed by atoms with Crippen molar-refractivity contribution in [1.82, 2.24) is 0 Å². The molecule has 0 bridgehead atoms. The molecule has 0 aliphatic rings. The molecule has 0 fully saturated rings. The van der Waals surface area contributed by atoms with Crippen LogP contribution < -0.4 is 5.73 Å². The van der Waals surface area contributed by atoms with E-state index in [9.17, 15) is 19.0 Å². The molecule has 55 heavy (non-hydrogen) atoms. The van der Waals surface area contributed by atoms with Gasteiger partial charge in [-0.15, -0.1) is 0 Å². The SMILES string of the molecule is CCCCC/C=C/C/C=C/C/C=C/CCCCCCC(=O)O[C@H](COC(=O)CCC/C=C/C/C=C/CCCCCCCCCCC)COP(=O)(O)OCCN. The summed E-state index contributed by atoms with van der Waals surface area (Å²) in [4.78, 5) is 34.8. The van der Waals surface area contributed by atoms with Crippen LogP contribution >= 0.6 is 7.82 Å². The van der Waals surface area contributed by atoms with Crippen LogP contribution in [0.15, 0.2) is 60.8 Å². The van der Waals surface area contributed by atoms with Gasteiger partial charge in [0.05, 0.1) is 13.2 Å². The van der Waals surface area contributed by atoms with Gasteiger partial charge in [0.25, 0.3) is 0 Å². The summed E-state index contributed by atoms with van der Waals surface area (Å²) in [6, 6.07) is 0. The normalized spacial score (nSPS) is 13.9. The zero-order valence-corrected chi connectivity index (χ0v) is 35.8. The first-order valence-corrected chi connectivity index (χ1v) is 23.3. The van der Waals surface area contributed by atoms with Gasteiger partial charge in [-0.25, -0.2) is 4.57 Å². The van der Waals surface area contributed by atoms with Crippen LogP contribution in [0.5, 0.6) is 0 Å². The number of carbonyl (C=O) groups excluding carboxylic acids is 2. The Morgan fingerprint density at radius 1 is 0.545 bits per heavy atom. The third-order valence-electron chi connectivity index (χ3n) is 8.88. The summed E-state index contributed by atoms with van der Waals surface area (Å²) in [5, 5.41) is 0. The minimum Gasteiger partial charge on any atom is -0.462 e. The van der Waals surface area contributed by atoms with E-state index in [0.717, 1.165) is 57.8 Å². The van der Waals surface area contributed by atoms with E-state index in [1.807, 2.05) is 0 Å². The molecule has 0 radical (unpaired) electrons. The largest absolute Gasteiger partial charge is 0.472 e. The fourth-order valence-corrected chi connectivity index (χ4v) is 6.39. The summed E-state index contributed by atoms with van der Waals surface area (Å²) in [6.45, 7) is 3.62. The van der Waals surface area contributed by atoms with Crippen molar-refractivity contribution in [2.45, 2.75) is 187 Å². The Balaban J connectivity index is 4.27. The number of rotatable bonds is 40. The number of hydrogen-bond donors (Lipinski definition) is 2. The molecular weight excluding hydrogens is 713 g/mol. The predicted octanol–water partition coefficient (Wildman–Crippen LogP) is 12.5. The molecule has 1 unspecified atom stereocenters. The molecule has 318 valence electrons. The van der Waals surface area contributed by atoms with Crippen molar-refractivity contribution in [2.24, 2.45) is 5.73 Å². The van der Waals surface area contributed by atoms with E-state index in [0.29, 0.717) is 12.8 Å². The number of nitrogens with two attached hydrogens (primary N) is 1. The first kappa shape index (κ1) is 52.7. The van der Waals surface area contributed by atoms with E-state index in [2.05, 4.69) is 74.6 Å². The highest BCUT2D eigenvalue weighted by Gasteiger charge is 2.25. The standard InChI is InChI=1S/C45H80NO8P/c1-3-5-7-9-11-13-15-17-19-21-23-25-27-29-31-33-35-37-44(47)51-41-43(42-53-55(49,50)52-40-39-46)54-45(48)38-36-34-32-30-28-26-24-22-20-18-16-14-12-10-8-6-4-2/h12,14,18,20,23-26,29,31,43H,3-11,13,15-17,19,21-22,27-28,30,32-42,46H2,1-2H3,(H,49,50)/b14-12+,20-18+,25-23+,26-24+,31-29+/t43-/m1/s1. The summed E-state index contributed by atoms with van der Waals surface area (Å²) >= 11 is 0. The number of esters is 2. The molecule has 0 aromatic carbocycles. The lowest BCUT2D eigenvalue weighted by Crippen LogP contribution is -2.29. The van der Waals surface area contributed by atoms with E-state index in [1.165, 1.54) is 83.5 Å². The molecule has 0 amide bonds. The molecule has 0 saturated carbocycles. The lowest BCUT2D eigenvalue weighted by atomic mass is 10.1. The van der Waals surface area contributed by atoms with Gasteiger partial charge in [0.2, 0.25) is 0 Å². The zero-order valence-electron chi connectivity index (χ0n) is 34.9. The Morgan fingerprint density at radius 3 is 1.49 bits per heavy atom. The van der Waals surface area contributed by atoms with Crippen molar-refractivity contribution in [1.29, 1.82) is 0 Å². The Kier molecular flexibility index (Phi) is 39.6. The average molecular weight is 794 g/mol. The Labute approximate surface area is 336 Å². The number of phosphoric acid groups is 1. The summed E-state index contributed by atoms with van der Waals surface area (Å²) in [5.74, 6) is -0.910. The van der Waals surface area contributed by atoms with Crippen molar-refractivity contribution in [3.05, 3.63) is 60.8 Å². The number of allylic oxidation sites excluding steroid dienone is 10. The highest BCUT2D eigenvalue weighted by atomic mass is 31.2. The molecule has 0 rings (SSSR count). The van der Waals surface area contributed by atoms with Crippen molar-refractivity contribution in [3.63, 3.8) is 0 Å². The smallest absolute Gasteiger partial charge is 0.462 e. The van der Waals surface area contributed by atoms with Crippen LogP contribution in [0.3, 0.4) is 0 Å². The van der Waals surface area contributed by atoms with Gasteiger partial charge in [-0.2, -0.15) is 0 Å². The third-order valence-corrected chi connectivity index (χ3v) is 9.86. The van der Waals surface area contributed by atoms with Crippen LogP contribution in [0, 0.1) is 0 Å². The fourth-order valence-electron chi connectivity index (χ4n) is 5.62. The summed E-state index contributed by atoms with van der Waals surface area (Å²) in [7, 11) is -4.39. The lowest BCUT2D eigenvalue weighted by Gasteiger charge is -2.19. The number of hydrogen-bond acceptors (Lipinski definition) is 8. The maximum atomic E-state index is 12.6. The van der Waals surface area contributed by atoms with Gasteiger partial charge in [-0.3, -0.25) is 18.6 Å². The van der Waals surface area contributed by atoms with Gasteiger partial charge in [-0.1, -0.05) is 152 Å². The van der Waals surface area contributed by atoms with E-state index < -0.39 is 32.5 Å². The quantitative estimate of drug-likeness (QED) is 0.0269. The second kappa shape index (κ2) is 41.3. The third kappa shape index (κ3) is 41.2. The van der Waals surface area contributed by atoms with Gasteiger partial charge in [0.15, 0.2) is 6.10 Å². The van der Waals surface area contributed by atoms with Crippen molar-refractivity contribution in [2.75, 3.05) is 26.4 Å². The fraction of sp³-hybridized carbons (Fsp3) is 0.733. The van der Waals surface area contributed by atoms with Crippen molar-refractivity contribution in [3.8, 4) is 0 Å². The van der Waals surface area contributed by atoms with E-state index in [-0.39, 0.29) is 32.6 Å². The highest BCUT2D eigenvalue weighted by Crippen LogP contribution is 2.43. The summed E-state index contributed by atoms with van der Waals surface area (Å²) in [5.41, 5.74) is 5.34. The molecule has 0 aromatic heterocycles. The minimum atomic E-state index is -4.39. The van der Waals surface area contributed by atoms with Gasteiger partial charge in [0.1, 0.15) is 6.61 Å². The summed E-state index contributed by atoms with van der Waals surface area (Å²) in [6.07, 6.45) is 48.3. The van der Waals surface area contributed by atoms with E-state index in [1.54, 1.807) is 0 Å². The first-order valence-electron chi connectivity index (χ1n) is 21.8. The second-order valence-corrected chi connectivity index (χ2v) is 15.7. The maximum Gasteiger partial charge on any atom is 0.472 e. The number of carbonyl (C=O) groups is 2. The van der Waals surface area contributed by atoms with E-state index in [4.69, 9.17) is 24.3 Å².